The molecular formula is C23H31N5O4. The van der Waals surface area contributed by atoms with Crippen LogP contribution in [0, 0.1) is 5.92 Å². The molecule has 0 aliphatic carbocycles. The van der Waals surface area contributed by atoms with Crippen molar-refractivity contribution in [2.75, 3.05) is 43.5 Å². The first-order chi connectivity index (χ1) is 15.5. The number of carbonyl (C=O) groups is 2. The Morgan fingerprint density at radius 1 is 1.28 bits per heavy atom. The lowest BCUT2D eigenvalue weighted by Gasteiger charge is -2.33. The van der Waals surface area contributed by atoms with E-state index in [0.29, 0.717) is 12.2 Å². The van der Waals surface area contributed by atoms with E-state index in [-0.39, 0.29) is 30.5 Å². The van der Waals surface area contributed by atoms with Crippen molar-refractivity contribution in [3.63, 3.8) is 0 Å². The van der Waals surface area contributed by atoms with Gasteiger partial charge in [-0.25, -0.2) is 0 Å². The van der Waals surface area contributed by atoms with E-state index in [4.69, 9.17) is 4.74 Å². The van der Waals surface area contributed by atoms with Gasteiger partial charge in [-0.15, -0.1) is 0 Å². The van der Waals surface area contributed by atoms with Gasteiger partial charge in [0.05, 0.1) is 30.1 Å². The monoisotopic (exact) mass is 441 g/mol. The Morgan fingerprint density at radius 3 is 2.91 bits per heavy atom. The predicted octanol–water partition coefficient (Wildman–Crippen LogP) is 1.42. The number of hydrogen-bond acceptors (Lipinski definition) is 7. The third kappa shape index (κ3) is 6.40. The molecule has 172 valence electrons. The molecule has 0 bridgehead atoms. The first-order valence-corrected chi connectivity index (χ1v) is 11.0. The van der Waals surface area contributed by atoms with Crippen LogP contribution in [0.1, 0.15) is 25.3 Å². The minimum Gasteiger partial charge on any atom is -0.465 e. The first-order valence-electron chi connectivity index (χ1n) is 11.0. The highest BCUT2D eigenvalue weighted by atomic mass is 16.5. The minimum atomic E-state index is -0.494. The maximum absolute atomic E-state index is 12.9. The zero-order chi connectivity index (χ0) is 22.9. The van der Waals surface area contributed by atoms with E-state index in [1.54, 1.807) is 13.0 Å². The van der Waals surface area contributed by atoms with Gasteiger partial charge in [0, 0.05) is 31.5 Å². The smallest absolute Gasteiger partial charge is 0.326 e. The van der Waals surface area contributed by atoms with E-state index >= 15 is 0 Å². The summed E-state index contributed by atoms with van der Waals surface area (Å²) in [6.45, 7) is 4.13. The van der Waals surface area contributed by atoms with Gasteiger partial charge in [0.1, 0.15) is 6.54 Å². The number of anilines is 2. The number of esters is 1. The van der Waals surface area contributed by atoms with Crippen molar-refractivity contribution in [1.82, 2.24) is 14.9 Å². The van der Waals surface area contributed by atoms with Crippen molar-refractivity contribution in [2.45, 2.75) is 32.7 Å². The largest absolute Gasteiger partial charge is 0.465 e. The lowest BCUT2D eigenvalue weighted by atomic mass is 9.96. The van der Waals surface area contributed by atoms with Crippen molar-refractivity contribution in [1.29, 1.82) is 0 Å². The summed E-state index contributed by atoms with van der Waals surface area (Å²) >= 11 is 0. The molecule has 2 N–H and O–H groups in total. The van der Waals surface area contributed by atoms with E-state index in [2.05, 4.69) is 26.6 Å². The molecule has 1 amide bonds. The van der Waals surface area contributed by atoms with E-state index < -0.39 is 5.97 Å². The van der Waals surface area contributed by atoms with Crippen molar-refractivity contribution in [2.24, 2.45) is 5.92 Å². The minimum absolute atomic E-state index is 0.102. The number of pyridine rings is 2. The first kappa shape index (κ1) is 23.5. The molecule has 1 aliphatic heterocycles. The Hall–Kier alpha value is -3.20. The van der Waals surface area contributed by atoms with E-state index in [9.17, 15) is 14.4 Å². The average Bonchev–Trinajstić information content (AvgIpc) is 2.80. The third-order valence-electron chi connectivity index (χ3n) is 5.46. The van der Waals surface area contributed by atoms with Crippen molar-refractivity contribution >= 4 is 23.3 Å². The molecule has 2 aromatic heterocycles. The third-order valence-corrected chi connectivity index (χ3v) is 5.46. The van der Waals surface area contributed by atoms with Crippen molar-refractivity contribution in [3.8, 4) is 0 Å². The second kappa shape index (κ2) is 11.4. The summed E-state index contributed by atoms with van der Waals surface area (Å²) in [6, 6.07) is 5.03. The number of piperidine rings is 1. The Balaban J connectivity index is 1.64. The summed E-state index contributed by atoms with van der Waals surface area (Å²) in [5.74, 6) is -0.781. The Morgan fingerprint density at radius 2 is 2.12 bits per heavy atom. The van der Waals surface area contributed by atoms with Gasteiger partial charge in [0.2, 0.25) is 5.91 Å². The molecule has 9 nitrogen and oxygen atoms in total. The fourth-order valence-electron chi connectivity index (χ4n) is 3.80. The van der Waals surface area contributed by atoms with Gasteiger partial charge < -0.3 is 24.8 Å². The molecule has 0 aromatic carbocycles. The maximum atomic E-state index is 12.9. The zero-order valence-corrected chi connectivity index (χ0v) is 18.7. The number of amides is 1. The van der Waals surface area contributed by atoms with Crippen molar-refractivity contribution < 1.29 is 14.3 Å². The van der Waals surface area contributed by atoms with Gasteiger partial charge in [-0.3, -0.25) is 19.4 Å². The van der Waals surface area contributed by atoms with Gasteiger partial charge in [-0.2, -0.15) is 0 Å². The average molecular weight is 442 g/mol. The van der Waals surface area contributed by atoms with Crippen LogP contribution in [-0.2, 0) is 27.3 Å². The van der Waals surface area contributed by atoms with E-state index in [1.807, 2.05) is 19.4 Å². The van der Waals surface area contributed by atoms with Gasteiger partial charge in [-0.05, 0) is 57.5 Å². The number of carbonyl (C=O) groups excluding carboxylic acids is 2. The van der Waals surface area contributed by atoms with Crippen LogP contribution in [0.25, 0.3) is 0 Å². The summed E-state index contributed by atoms with van der Waals surface area (Å²) in [6.07, 6.45) is 7.79. The molecule has 1 atom stereocenters. The molecule has 3 rings (SSSR count). The molecule has 0 saturated carbocycles. The van der Waals surface area contributed by atoms with Gasteiger partial charge in [0.15, 0.2) is 0 Å². The lowest BCUT2D eigenvalue weighted by Crippen LogP contribution is -2.41. The molecule has 1 unspecified atom stereocenters. The second-order valence-electron chi connectivity index (χ2n) is 7.87. The van der Waals surface area contributed by atoms with Crippen LogP contribution in [0.4, 0.5) is 11.4 Å². The second-order valence-corrected chi connectivity index (χ2v) is 7.87. The molecule has 1 aliphatic rings. The number of ether oxygens (including phenoxy) is 1. The number of rotatable bonds is 9. The fraction of sp³-hybridized carbons (Fsp3) is 0.478. The van der Waals surface area contributed by atoms with Crippen LogP contribution >= 0.6 is 0 Å². The van der Waals surface area contributed by atoms with Crippen LogP contribution in [0.15, 0.2) is 41.6 Å². The van der Waals surface area contributed by atoms with Crippen LogP contribution in [0.5, 0.6) is 0 Å². The van der Waals surface area contributed by atoms with E-state index in [0.717, 1.165) is 43.6 Å². The standard InChI is InChI=1S/C23H31N5O4/c1-3-32-22(30)16-28-15-19(6-7-21(28)29)26-23(31)18-5-4-10-27(14-18)20-11-17(8-9-24-2)12-25-13-20/h6-7,11-13,15,18,24H,3-5,8-10,14,16H2,1-2H3,(H,26,31). The quantitative estimate of drug-likeness (QED) is 0.567. The molecule has 2 aromatic rings. The summed E-state index contributed by atoms with van der Waals surface area (Å²) < 4.78 is 6.14. The van der Waals surface area contributed by atoms with Gasteiger partial charge >= 0.3 is 5.97 Å². The number of hydrogen-bond donors (Lipinski definition) is 2. The summed E-state index contributed by atoms with van der Waals surface area (Å²) in [7, 11) is 1.92. The van der Waals surface area contributed by atoms with Crippen LogP contribution in [0.2, 0.25) is 0 Å². The molecule has 1 fully saturated rings. The lowest BCUT2D eigenvalue weighted by molar-refractivity contribution is -0.143. The topological polar surface area (TPSA) is 106 Å². The summed E-state index contributed by atoms with van der Waals surface area (Å²) in [5, 5.41) is 6.04. The zero-order valence-electron chi connectivity index (χ0n) is 18.7. The van der Waals surface area contributed by atoms with Crippen LogP contribution < -0.4 is 21.1 Å². The Bertz CT molecular complexity index is 990. The van der Waals surface area contributed by atoms with Gasteiger partial charge in [-0.1, -0.05) is 0 Å². The van der Waals surface area contributed by atoms with Crippen molar-refractivity contribution in [3.05, 3.63) is 52.7 Å². The van der Waals surface area contributed by atoms with Crippen LogP contribution in [-0.4, -0.2) is 54.7 Å². The fourth-order valence-corrected chi connectivity index (χ4v) is 3.80. The number of aromatic nitrogens is 2. The van der Waals surface area contributed by atoms with Gasteiger partial charge in [0.25, 0.3) is 5.56 Å². The van der Waals surface area contributed by atoms with Crippen LogP contribution in [0.3, 0.4) is 0 Å². The SMILES string of the molecule is CCOC(=O)Cn1cc(NC(=O)C2CCCN(c3cncc(CCNC)c3)C2)ccc1=O. The highest BCUT2D eigenvalue weighted by Gasteiger charge is 2.26. The highest BCUT2D eigenvalue weighted by molar-refractivity contribution is 5.93. The predicted molar refractivity (Wildman–Crippen MR) is 123 cm³/mol. The molecule has 0 radical (unpaired) electrons. The Labute approximate surface area is 187 Å². The number of likely N-dealkylation sites (N-methyl/N-ethyl adjacent to an activating group) is 1. The molecule has 9 heteroatoms. The number of nitrogens with zero attached hydrogens (tertiary/aromatic N) is 3. The highest BCUT2D eigenvalue weighted by Crippen LogP contribution is 2.24. The molecule has 0 spiro atoms. The maximum Gasteiger partial charge on any atom is 0.326 e. The summed E-state index contributed by atoms with van der Waals surface area (Å²) in [4.78, 5) is 43.2. The molecular weight excluding hydrogens is 410 g/mol. The van der Waals surface area contributed by atoms with E-state index in [1.165, 1.54) is 16.8 Å². The normalized spacial score (nSPS) is 15.9. The summed E-state index contributed by atoms with van der Waals surface area (Å²) in [5.41, 5.74) is 2.34. The Kier molecular flexibility index (Phi) is 8.38. The molecule has 1 saturated heterocycles. The molecule has 3 heterocycles. The number of nitrogens with one attached hydrogen (secondary N) is 2. The molecule has 32 heavy (non-hydrogen) atoms.